The fourth-order valence-electron chi connectivity index (χ4n) is 1.52. The molecule has 88 valence electrons. The Morgan fingerprint density at radius 1 is 1.47 bits per heavy atom. The maximum Gasteiger partial charge on any atom is 0.120 e. The van der Waals surface area contributed by atoms with E-state index in [4.69, 9.17) is 4.74 Å². The highest BCUT2D eigenvalue weighted by molar-refractivity contribution is 7.09. The molecule has 0 saturated heterocycles. The second-order valence-electron chi connectivity index (χ2n) is 3.56. The van der Waals surface area contributed by atoms with Crippen LogP contribution in [0.1, 0.15) is 11.4 Å². The average Bonchev–Trinajstić information content (AvgIpc) is 2.85. The molecule has 0 aliphatic rings. The maximum absolute atomic E-state index is 10.3. The smallest absolute Gasteiger partial charge is 0.120 e. The number of carbonyl (C=O) groups is 1. The van der Waals surface area contributed by atoms with Crippen LogP contribution in [-0.4, -0.2) is 18.4 Å². The van der Waals surface area contributed by atoms with Gasteiger partial charge in [0.1, 0.15) is 12.0 Å². The molecule has 3 nitrogen and oxygen atoms in total. The second kappa shape index (κ2) is 5.59. The van der Waals surface area contributed by atoms with E-state index < -0.39 is 0 Å². The Bertz CT molecular complexity index is 508. The average molecular weight is 247 g/mol. The number of nitrogens with zero attached hydrogens (tertiary/aromatic N) is 1. The van der Waals surface area contributed by atoms with Gasteiger partial charge in [0.15, 0.2) is 0 Å². The zero-order valence-corrected chi connectivity index (χ0v) is 10.4. The summed E-state index contributed by atoms with van der Waals surface area (Å²) in [5, 5.41) is 3.00. The van der Waals surface area contributed by atoms with Gasteiger partial charge in [0, 0.05) is 23.8 Å². The van der Waals surface area contributed by atoms with Crippen molar-refractivity contribution in [3.63, 3.8) is 0 Å². The SMILES string of the molecule is COc1cccc(-c2csc(CCC=O)n2)c1. The Hall–Kier alpha value is -1.68. The number of hydrogen-bond acceptors (Lipinski definition) is 4. The van der Waals surface area contributed by atoms with E-state index in [1.54, 1.807) is 18.4 Å². The highest BCUT2D eigenvalue weighted by atomic mass is 32.1. The largest absolute Gasteiger partial charge is 0.497 e. The normalized spacial score (nSPS) is 10.2. The van der Waals surface area contributed by atoms with Crippen molar-refractivity contribution in [3.8, 4) is 17.0 Å². The lowest BCUT2D eigenvalue weighted by atomic mass is 10.1. The zero-order valence-electron chi connectivity index (χ0n) is 9.55. The molecular formula is C13H13NO2S. The monoisotopic (exact) mass is 247 g/mol. The van der Waals surface area contributed by atoms with Gasteiger partial charge in [-0.2, -0.15) is 0 Å². The summed E-state index contributed by atoms with van der Waals surface area (Å²) >= 11 is 1.59. The molecule has 17 heavy (non-hydrogen) atoms. The van der Waals surface area contributed by atoms with Gasteiger partial charge in [-0.25, -0.2) is 4.98 Å². The zero-order chi connectivity index (χ0) is 12.1. The molecular weight excluding hydrogens is 234 g/mol. The topological polar surface area (TPSA) is 39.2 Å². The minimum Gasteiger partial charge on any atom is -0.497 e. The quantitative estimate of drug-likeness (QED) is 0.762. The fourth-order valence-corrected chi connectivity index (χ4v) is 2.35. The van der Waals surface area contributed by atoms with Crippen LogP contribution in [0.2, 0.25) is 0 Å². The van der Waals surface area contributed by atoms with Crippen molar-refractivity contribution in [2.45, 2.75) is 12.8 Å². The number of ether oxygens (including phenoxy) is 1. The summed E-state index contributed by atoms with van der Waals surface area (Å²) in [7, 11) is 1.65. The summed E-state index contributed by atoms with van der Waals surface area (Å²) in [6, 6.07) is 7.81. The van der Waals surface area contributed by atoms with E-state index in [-0.39, 0.29) is 0 Å². The first-order valence-electron chi connectivity index (χ1n) is 5.36. The standard InChI is InChI=1S/C13H13NO2S/c1-16-11-5-2-4-10(8-11)12-9-17-13(14-12)6-3-7-15/h2,4-5,7-9H,3,6H2,1H3. The first-order valence-corrected chi connectivity index (χ1v) is 6.24. The Morgan fingerprint density at radius 2 is 2.35 bits per heavy atom. The van der Waals surface area contributed by atoms with E-state index in [0.717, 1.165) is 34.7 Å². The number of hydrogen-bond donors (Lipinski definition) is 0. The minimum atomic E-state index is 0.533. The first-order chi connectivity index (χ1) is 8.33. The molecule has 0 saturated carbocycles. The lowest BCUT2D eigenvalue weighted by Crippen LogP contribution is -1.86. The first kappa shape index (κ1) is 11.8. The molecule has 2 rings (SSSR count). The van der Waals surface area contributed by atoms with Crippen LogP contribution in [0.15, 0.2) is 29.6 Å². The summed E-state index contributed by atoms with van der Waals surface area (Å²) in [6.45, 7) is 0. The van der Waals surface area contributed by atoms with Crippen molar-refractivity contribution in [1.29, 1.82) is 0 Å². The van der Waals surface area contributed by atoms with Gasteiger partial charge in [-0.15, -0.1) is 11.3 Å². The van der Waals surface area contributed by atoms with E-state index in [1.807, 2.05) is 29.6 Å². The molecule has 1 aromatic carbocycles. The molecule has 0 bridgehead atoms. The van der Waals surface area contributed by atoms with Crippen LogP contribution in [0.3, 0.4) is 0 Å². The summed E-state index contributed by atoms with van der Waals surface area (Å²) in [5.74, 6) is 0.824. The third kappa shape index (κ3) is 2.91. The third-order valence-corrected chi connectivity index (χ3v) is 3.30. The van der Waals surface area contributed by atoms with Crippen molar-refractivity contribution in [2.75, 3.05) is 7.11 Å². The lowest BCUT2D eigenvalue weighted by Gasteiger charge is -2.01. The van der Waals surface area contributed by atoms with Crippen molar-refractivity contribution in [3.05, 3.63) is 34.7 Å². The third-order valence-electron chi connectivity index (χ3n) is 2.39. The van der Waals surface area contributed by atoms with Gasteiger partial charge in [-0.05, 0) is 12.1 Å². The summed E-state index contributed by atoms with van der Waals surface area (Å²) in [4.78, 5) is 14.8. The number of aryl methyl sites for hydroxylation is 1. The Kier molecular flexibility index (Phi) is 3.88. The van der Waals surface area contributed by atoms with Crippen molar-refractivity contribution >= 4 is 17.6 Å². The molecule has 0 aliphatic heterocycles. The molecule has 0 atom stereocenters. The number of thiazole rings is 1. The van der Waals surface area contributed by atoms with Gasteiger partial charge in [0.25, 0.3) is 0 Å². The number of benzene rings is 1. The lowest BCUT2D eigenvalue weighted by molar-refractivity contribution is -0.107. The van der Waals surface area contributed by atoms with Crippen LogP contribution in [0, 0.1) is 0 Å². The molecule has 2 aromatic rings. The van der Waals surface area contributed by atoms with Crippen LogP contribution >= 0.6 is 11.3 Å². The molecule has 0 N–H and O–H groups in total. The molecule has 1 aromatic heterocycles. The van der Waals surface area contributed by atoms with Crippen molar-refractivity contribution < 1.29 is 9.53 Å². The summed E-state index contributed by atoms with van der Waals surface area (Å²) in [6.07, 6.45) is 2.18. The van der Waals surface area contributed by atoms with E-state index in [1.165, 1.54) is 0 Å². The van der Waals surface area contributed by atoms with Crippen molar-refractivity contribution in [2.24, 2.45) is 0 Å². The Morgan fingerprint density at radius 3 is 3.12 bits per heavy atom. The highest BCUT2D eigenvalue weighted by Crippen LogP contribution is 2.25. The number of methoxy groups -OCH3 is 1. The minimum absolute atomic E-state index is 0.533. The predicted octanol–water partition coefficient (Wildman–Crippen LogP) is 2.95. The number of aldehydes is 1. The van der Waals surface area contributed by atoms with E-state index >= 15 is 0 Å². The molecule has 0 fully saturated rings. The fraction of sp³-hybridized carbons (Fsp3) is 0.231. The van der Waals surface area contributed by atoms with Crippen LogP contribution < -0.4 is 4.74 Å². The second-order valence-corrected chi connectivity index (χ2v) is 4.51. The molecule has 0 unspecified atom stereocenters. The molecule has 4 heteroatoms. The van der Waals surface area contributed by atoms with Gasteiger partial charge < -0.3 is 9.53 Å². The van der Waals surface area contributed by atoms with Crippen LogP contribution in [0.4, 0.5) is 0 Å². The van der Waals surface area contributed by atoms with Gasteiger partial charge >= 0.3 is 0 Å². The van der Waals surface area contributed by atoms with Crippen LogP contribution in [0.5, 0.6) is 5.75 Å². The van der Waals surface area contributed by atoms with Crippen LogP contribution in [0.25, 0.3) is 11.3 Å². The van der Waals surface area contributed by atoms with Gasteiger partial charge in [0.05, 0.1) is 17.8 Å². The van der Waals surface area contributed by atoms with Crippen LogP contribution in [-0.2, 0) is 11.2 Å². The van der Waals surface area contributed by atoms with Gasteiger partial charge in [-0.3, -0.25) is 0 Å². The highest BCUT2D eigenvalue weighted by Gasteiger charge is 2.05. The maximum atomic E-state index is 10.3. The van der Waals surface area contributed by atoms with E-state index in [9.17, 15) is 4.79 Å². The van der Waals surface area contributed by atoms with Crippen molar-refractivity contribution in [1.82, 2.24) is 4.98 Å². The number of rotatable bonds is 5. The Balaban J connectivity index is 2.20. The van der Waals surface area contributed by atoms with E-state index in [0.29, 0.717) is 6.42 Å². The summed E-state index contributed by atoms with van der Waals surface area (Å²) < 4.78 is 5.18. The summed E-state index contributed by atoms with van der Waals surface area (Å²) in [5.41, 5.74) is 1.98. The molecule has 1 heterocycles. The molecule has 0 amide bonds. The number of carbonyl (C=O) groups excluding carboxylic acids is 1. The predicted molar refractivity (Wildman–Crippen MR) is 68.5 cm³/mol. The van der Waals surface area contributed by atoms with Gasteiger partial charge in [0.2, 0.25) is 0 Å². The Labute approximate surface area is 104 Å². The molecule has 0 aliphatic carbocycles. The molecule has 0 radical (unpaired) electrons. The number of aromatic nitrogens is 1. The van der Waals surface area contributed by atoms with Gasteiger partial charge in [-0.1, -0.05) is 12.1 Å². The van der Waals surface area contributed by atoms with E-state index in [2.05, 4.69) is 4.98 Å². The molecule has 0 spiro atoms.